The second-order valence-corrected chi connectivity index (χ2v) is 6.93. The minimum absolute atomic E-state index is 0. The van der Waals surface area contributed by atoms with E-state index in [-0.39, 0.29) is 29.8 Å². The number of amides is 1. The average Bonchev–Trinajstić information content (AvgIpc) is 2.61. The van der Waals surface area contributed by atoms with Crippen LogP contribution in [0.5, 0.6) is 0 Å². The number of nitrogens with one attached hydrogen (secondary N) is 2. The van der Waals surface area contributed by atoms with Crippen molar-refractivity contribution in [2.75, 3.05) is 26.3 Å². The molecule has 2 aliphatic heterocycles. The zero-order valence-electron chi connectivity index (χ0n) is 14.5. The third-order valence-electron chi connectivity index (χ3n) is 5.39. The lowest BCUT2D eigenvalue weighted by Crippen LogP contribution is -2.51. The summed E-state index contributed by atoms with van der Waals surface area (Å²) in [5.74, 6) is 0.157. The molecular weight excluding hydrogens is 324 g/mol. The van der Waals surface area contributed by atoms with Crippen molar-refractivity contribution in [3.63, 3.8) is 0 Å². The van der Waals surface area contributed by atoms with E-state index in [2.05, 4.69) is 41.8 Å². The largest absolute Gasteiger partial charge is 0.381 e. The fourth-order valence-electron chi connectivity index (χ4n) is 3.93. The zero-order valence-corrected chi connectivity index (χ0v) is 15.3. The highest BCUT2D eigenvalue weighted by Crippen LogP contribution is 2.36. The number of carbonyl (C=O) groups is 1. The number of rotatable bonds is 4. The van der Waals surface area contributed by atoms with Gasteiger partial charge in [0.15, 0.2) is 0 Å². The van der Waals surface area contributed by atoms with Crippen molar-refractivity contribution < 1.29 is 9.53 Å². The summed E-state index contributed by atoms with van der Waals surface area (Å²) >= 11 is 0. The molecule has 2 heterocycles. The van der Waals surface area contributed by atoms with Gasteiger partial charge in [-0.1, -0.05) is 30.7 Å². The van der Waals surface area contributed by atoms with E-state index in [0.29, 0.717) is 6.54 Å². The van der Waals surface area contributed by atoms with Crippen LogP contribution in [0, 0.1) is 6.92 Å². The van der Waals surface area contributed by atoms with Gasteiger partial charge in [-0.3, -0.25) is 4.79 Å². The molecule has 5 heteroatoms. The molecule has 0 saturated carbocycles. The van der Waals surface area contributed by atoms with E-state index in [4.69, 9.17) is 4.74 Å². The minimum Gasteiger partial charge on any atom is -0.381 e. The molecule has 3 rings (SSSR count). The number of ether oxygens (including phenoxy) is 1. The molecule has 4 nitrogen and oxygen atoms in total. The molecule has 1 aromatic rings. The Morgan fingerprint density at radius 1 is 1.29 bits per heavy atom. The van der Waals surface area contributed by atoms with Gasteiger partial charge >= 0.3 is 0 Å². The van der Waals surface area contributed by atoms with Crippen LogP contribution in [-0.4, -0.2) is 38.3 Å². The third kappa shape index (κ3) is 4.29. The Balaban J connectivity index is 0.00000208. The molecule has 1 amide bonds. The van der Waals surface area contributed by atoms with Crippen LogP contribution in [-0.2, 0) is 14.9 Å². The van der Waals surface area contributed by atoms with Crippen LogP contribution in [0.1, 0.15) is 43.2 Å². The first kappa shape index (κ1) is 19.2. The van der Waals surface area contributed by atoms with Gasteiger partial charge in [0.25, 0.3) is 0 Å². The van der Waals surface area contributed by atoms with Crippen LogP contribution < -0.4 is 10.6 Å². The molecule has 0 aromatic heterocycles. The average molecular weight is 353 g/mol. The van der Waals surface area contributed by atoms with Crippen molar-refractivity contribution in [1.29, 1.82) is 0 Å². The second kappa shape index (κ2) is 8.84. The Morgan fingerprint density at radius 3 is 2.71 bits per heavy atom. The minimum atomic E-state index is -0.0162. The summed E-state index contributed by atoms with van der Waals surface area (Å²) in [5, 5.41) is 6.57. The lowest BCUT2D eigenvalue weighted by Gasteiger charge is -2.39. The van der Waals surface area contributed by atoms with Gasteiger partial charge in [-0.05, 0) is 50.3 Å². The normalized spacial score (nSPS) is 23.1. The molecule has 134 valence electrons. The van der Waals surface area contributed by atoms with Gasteiger partial charge in [-0.15, -0.1) is 12.4 Å². The van der Waals surface area contributed by atoms with E-state index >= 15 is 0 Å². The Morgan fingerprint density at radius 2 is 2.04 bits per heavy atom. The highest BCUT2D eigenvalue weighted by molar-refractivity contribution is 5.85. The first-order valence-corrected chi connectivity index (χ1v) is 8.86. The quantitative estimate of drug-likeness (QED) is 0.876. The van der Waals surface area contributed by atoms with Crippen LogP contribution in [0.4, 0.5) is 0 Å². The van der Waals surface area contributed by atoms with Crippen molar-refractivity contribution >= 4 is 18.3 Å². The fraction of sp³-hybridized carbons (Fsp3) is 0.632. The maximum atomic E-state index is 12.5. The molecular formula is C19H29ClN2O2. The fourth-order valence-corrected chi connectivity index (χ4v) is 3.93. The van der Waals surface area contributed by atoms with E-state index in [1.165, 1.54) is 17.5 Å². The van der Waals surface area contributed by atoms with Gasteiger partial charge in [0.05, 0.1) is 6.04 Å². The van der Waals surface area contributed by atoms with Gasteiger partial charge in [0.2, 0.25) is 5.91 Å². The summed E-state index contributed by atoms with van der Waals surface area (Å²) in [4.78, 5) is 12.5. The first-order chi connectivity index (χ1) is 11.2. The molecule has 2 saturated heterocycles. The molecule has 1 atom stereocenters. The lowest BCUT2D eigenvalue weighted by molar-refractivity contribution is -0.124. The number of halogens is 1. The van der Waals surface area contributed by atoms with E-state index < -0.39 is 0 Å². The highest BCUT2D eigenvalue weighted by atomic mass is 35.5. The molecule has 0 radical (unpaired) electrons. The number of benzene rings is 1. The number of carbonyl (C=O) groups excluding carboxylic acids is 1. The smallest absolute Gasteiger partial charge is 0.237 e. The highest BCUT2D eigenvalue weighted by Gasteiger charge is 2.36. The molecule has 2 aliphatic rings. The SMILES string of the molecule is Cc1ccccc1C1(CNC(=O)C2CCCCN2)CCOCC1.Cl. The van der Waals surface area contributed by atoms with Crippen molar-refractivity contribution in [1.82, 2.24) is 10.6 Å². The monoisotopic (exact) mass is 352 g/mol. The molecule has 0 spiro atoms. The summed E-state index contributed by atoms with van der Waals surface area (Å²) in [6.45, 7) is 5.36. The standard InChI is InChI=1S/C19H28N2O2.ClH/c1-15-6-2-3-7-16(15)19(9-12-23-13-10-19)14-21-18(22)17-8-4-5-11-20-17;/h2-3,6-7,17,20H,4-5,8-14H2,1H3,(H,21,22);1H. The Kier molecular flexibility index (Phi) is 7.08. The summed E-state index contributed by atoms with van der Waals surface area (Å²) in [7, 11) is 0. The van der Waals surface area contributed by atoms with E-state index in [1.54, 1.807) is 0 Å². The molecule has 1 unspecified atom stereocenters. The van der Waals surface area contributed by atoms with Crippen molar-refractivity contribution in [3.05, 3.63) is 35.4 Å². The number of hydrogen-bond donors (Lipinski definition) is 2. The van der Waals surface area contributed by atoms with Crippen LogP contribution >= 0.6 is 12.4 Å². The number of aryl methyl sites for hydroxylation is 1. The van der Waals surface area contributed by atoms with Crippen molar-refractivity contribution in [2.45, 2.75) is 50.5 Å². The number of hydrogen-bond acceptors (Lipinski definition) is 3. The first-order valence-electron chi connectivity index (χ1n) is 8.86. The predicted octanol–water partition coefficient (Wildman–Crippen LogP) is 2.72. The summed E-state index contributed by atoms with van der Waals surface area (Å²) in [6.07, 6.45) is 5.20. The maximum absolute atomic E-state index is 12.5. The maximum Gasteiger partial charge on any atom is 0.237 e. The lowest BCUT2D eigenvalue weighted by atomic mass is 9.72. The van der Waals surface area contributed by atoms with Crippen LogP contribution in [0.25, 0.3) is 0 Å². The Hall–Kier alpha value is -1.10. The van der Waals surface area contributed by atoms with Gasteiger partial charge in [0, 0.05) is 25.2 Å². The van der Waals surface area contributed by atoms with E-state index in [1.807, 2.05) is 0 Å². The van der Waals surface area contributed by atoms with Gasteiger partial charge < -0.3 is 15.4 Å². The zero-order chi connectivity index (χ0) is 16.1. The molecule has 1 aromatic carbocycles. The molecule has 0 aliphatic carbocycles. The van der Waals surface area contributed by atoms with Crippen LogP contribution in [0.2, 0.25) is 0 Å². The van der Waals surface area contributed by atoms with Gasteiger partial charge in [0.1, 0.15) is 0 Å². The summed E-state index contributed by atoms with van der Waals surface area (Å²) < 4.78 is 5.58. The Labute approximate surface area is 151 Å². The van der Waals surface area contributed by atoms with Crippen LogP contribution in [0.15, 0.2) is 24.3 Å². The second-order valence-electron chi connectivity index (χ2n) is 6.93. The van der Waals surface area contributed by atoms with Crippen molar-refractivity contribution in [3.8, 4) is 0 Å². The van der Waals surface area contributed by atoms with Gasteiger partial charge in [-0.2, -0.15) is 0 Å². The molecule has 24 heavy (non-hydrogen) atoms. The van der Waals surface area contributed by atoms with E-state index in [9.17, 15) is 4.79 Å². The Bertz CT molecular complexity index is 538. The van der Waals surface area contributed by atoms with Gasteiger partial charge in [-0.25, -0.2) is 0 Å². The van der Waals surface area contributed by atoms with Crippen LogP contribution in [0.3, 0.4) is 0 Å². The summed E-state index contributed by atoms with van der Waals surface area (Å²) in [6, 6.07) is 8.54. The third-order valence-corrected chi connectivity index (χ3v) is 5.39. The molecule has 0 bridgehead atoms. The molecule has 2 N–H and O–H groups in total. The summed E-state index contributed by atoms with van der Waals surface area (Å²) in [5.41, 5.74) is 2.67. The van der Waals surface area contributed by atoms with E-state index in [0.717, 1.165) is 45.4 Å². The van der Waals surface area contributed by atoms with Crippen molar-refractivity contribution in [2.24, 2.45) is 0 Å². The number of piperidine rings is 1. The molecule has 2 fully saturated rings. The topological polar surface area (TPSA) is 50.4 Å². The predicted molar refractivity (Wildman–Crippen MR) is 98.8 cm³/mol.